The van der Waals surface area contributed by atoms with Gasteiger partial charge < -0.3 is 14.2 Å². The van der Waals surface area contributed by atoms with Crippen LogP contribution in [0.15, 0.2) is 42.5 Å². The number of amides is 1. The van der Waals surface area contributed by atoms with E-state index in [1.54, 1.807) is 19.1 Å². The van der Waals surface area contributed by atoms with Crippen molar-refractivity contribution in [1.82, 2.24) is 4.98 Å². The molecule has 2 heterocycles. The molecule has 1 aliphatic rings. The largest absolute Gasteiger partial charge is 0.497 e. The van der Waals surface area contributed by atoms with Gasteiger partial charge in [0.15, 0.2) is 5.13 Å². The van der Waals surface area contributed by atoms with E-state index < -0.39 is 0 Å². The van der Waals surface area contributed by atoms with Crippen molar-refractivity contribution in [3.8, 4) is 11.5 Å². The SMILES string of the molecule is COc1ccc(CC(=O)N(C[C@@H]2CCCO2)c2nc3ccc(OC)cc3s2)cc1. The van der Waals surface area contributed by atoms with Crippen molar-refractivity contribution < 1.29 is 19.0 Å². The van der Waals surface area contributed by atoms with E-state index in [4.69, 9.17) is 19.2 Å². The summed E-state index contributed by atoms with van der Waals surface area (Å²) < 4.78 is 17.3. The summed E-state index contributed by atoms with van der Waals surface area (Å²) >= 11 is 1.50. The van der Waals surface area contributed by atoms with E-state index in [0.29, 0.717) is 18.1 Å². The highest BCUT2D eigenvalue weighted by Crippen LogP contribution is 2.32. The minimum absolute atomic E-state index is 0.0108. The van der Waals surface area contributed by atoms with E-state index in [1.165, 1.54) is 11.3 Å². The predicted molar refractivity (Wildman–Crippen MR) is 114 cm³/mol. The second-order valence-electron chi connectivity index (χ2n) is 6.99. The molecule has 0 unspecified atom stereocenters. The number of carbonyl (C=O) groups excluding carboxylic acids is 1. The standard InChI is InChI=1S/C22H24N2O4S/c1-26-16-7-5-15(6-8-16)12-21(25)24(14-18-4-3-11-28-18)22-23-19-10-9-17(27-2)13-20(19)29-22/h5-10,13,18H,3-4,11-12,14H2,1-2H3/t18-/m0/s1. The van der Waals surface area contributed by atoms with Crippen molar-refractivity contribution in [2.45, 2.75) is 25.4 Å². The first kappa shape index (κ1) is 19.7. The highest BCUT2D eigenvalue weighted by atomic mass is 32.1. The summed E-state index contributed by atoms with van der Waals surface area (Å²) in [6.07, 6.45) is 2.35. The molecule has 0 spiro atoms. The third-order valence-corrected chi connectivity index (χ3v) is 6.08. The number of anilines is 1. The summed E-state index contributed by atoms with van der Waals surface area (Å²) in [4.78, 5) is 19.7. The van der Waals surface area contributed by atoms with Gasteiger partial charge in [-0.1, -0.05) is 23.5 Å². The van der Waals surface area contributed by atoms with E-state index in [2.05, 4.69) is 0 Å². The van der Waals surface area contributed by atoms with Gasteiger partial charge in [0.25, 0.3) is 0 Å². The first-order valence-electron chi connectivity index (χ1n) is 9.66. The molecule has 1 aromatic heterocycles. The lowest BCUT2D eigenvalue weighted by Gasteiger charge is -2.23. The Labute approximate surface area is 174 Å². The first-order valence-corrected chi connectivity index (χ1v) is 10.5. The maximum atomic E-state index is 13.2. The normalized spacial score (nSPS) is 16.1. The average molecular weight is 413 g/mol. The minimum atomic E-state index is 0.0108. The Hall–Kier alpha value is -2.64. The van der Waals surface area contributed by atoms with E-state index in [9.17, 15) is 4.79 Å². The zero-order valence-corrected chi connectivity index (χ0v) is 17.4. The van der Waals surface area contributed by atoms with Gasteiger partial charge in [-0.25, -0.2) is 4.98 Å². The van der Waals surface area contributed by atoms with Gasteiger partial charge >= 0.3 is 0 Å². The summed E-state index contributed by atoms with van der Waals surface area (Å²) in [5.41, 5.74) is 1.80. The molecule has 2 aromatic carbocycles. The number of carbonyl (C=O) groups is 1. The van der Waals surface area contributed by atoms with E-state index >= 15 is 0 Å². The molecule has 0 aliphatic carbocycles. The van der Waals surface area contributed by atoms with Gasteiger partial charge in [-0.2, -0.15) is 0 Å². The number of hydrogen-bond donors (Lipinski definition) is 0. The van der Waals surface area contributed by atoms with Crippen molar-refractivity contribution in [2.75, 3.05) is 32.3 Å². The lowest BCUT2D eigenvalue weighted by molar-refractivity contribution is -0.118. The summed E-state index contributed by atoms with van der Waals surface area (Å²) in [6.45, 7) is 1.27. The molecule has 0 bridgehead atoms. The molecule has 7 heteroatoms. The second kappa shape index (κ2) is 8.80. The number of rotatable bonds is 7. The Bertz CT molecular complexity index is 980. The quantitative estimate of drug-likeness (QED) is 0.585. The van der Waals surface area contributed by atoms with Crippen LogP contribution >= 0.6 is 11.3 Å². The average Bonchev–Trinajstić information content (AvgIpc) is 3.41. The molecule has 1 aliphatic heterocycles. The second-order valence-corrected chi connectivity index (χ2v) is 8.00. The maximum Gasteiger partial charge on any atom is 0.233 e. The fourth-order valence-corrected chi connectivity index (χ4v) is 4.45. The molecule has 29 heavy (non-hydrogen) atoms. The van der Waals surface area contributed by atoms with E-state index in [-0.39, 0.29) is 12.0 Å². The smallest absolute Gasteiger partial charge is 0.233 e. The summed E-state index contributed by atoms with van der Waals surface area (Å²) in [6, 6.07) is 13.3. The van der Waals surface area contributed by atoms with E-state index in [1.807, 2.05) is 42.5 Å². The molecule has 152 valence electrons. The predicted octanol–water partition coefficient (Wildman–Crippen LogP) is 4.07. The first-order chi connectivity index (χ1) is 14.2. The van der Waals surface area contributed by atoms with Gasteiger partial charge in [0.2, 0.25) is 5.91 Å². The topological polar surface area (TPSA) is 60.9 Å². The van der Waals surface area contributed by atoms with Crippen molar-refractivity contribution in [3.63, 3.8) is 0 Å². The van der Waals surface area contributed by atoms with Crippen LogP contribution in [0.4, 0.5) is 5.13 Å². The van der Waals surface area contributed by atoms with Crippen LogP contribution in [0.2, 0.25) is 0 Å². The number of fused-ring (bicyclic) bond motifs is 1. The van der Waals surface area contributed by atoms with Crippen LogP contribution in [0, 0.1) is 0 Å². The van der Waals surface area contributed by atoms with Crippen LogP contribution in [0.3, 0.4) is 0 Å². The highest BCUT2D eigenvalue weighted by Gasteiger charge is 2.26. The number of thiazole rings is 1. The molecule has 0 saturated carbocycles. The van der Waals surface area contributed by atoms with Crippen LogP contribution in [0.25, 0.3) is 10.2 Å². The van der Waals surface area contributed by atoms with Crippen LogP contribution in [-0.4, -0.2) is 44.4 Å². The van der Waals surface area contributed by atoms with Crippen LogP contribution < -0.4 is 14.4 Å². The number of benzene rings is 2. The van der Waals surface area contributed by atoms with Crippen molar-refractivity contribution in [1.29, 1.82) is 0 Å². The Kier molecular flexibility index (Phi) is 5.97. The molecule has 0 N–H and O–H groups in total. The van der Waals surface area contributed by atoms with Crippen molar-refractivity contribution in [3.05, 3.63) is 48.0 Å². The fourth-order valence-electron chi connectivity index (χ4n) is 3.43. The third-order valence-electron chi connectivity index (χ3n) is 5.04. The Morgan fingerprint density at radius 2 is 1.93 bits per heavy atom. The van der Waals surface area contributed by atoms with Gasteiger partial charge in [0.05, 0.1) is 43.5 Å². The molecular formula is C22H24N2O4S. The number of hydrogen-bond acceptors (Lipinski definition) is 6. The number of methoxy groups -OCH3 is 2. The fraction of sp³-hybridized carbons (Fsp3) is 0.364. The van der Waals surface area contributed by atoms with Gasteiger partial charge in [-0.05, 0) is 48.7 Å². The van der Waals surface area contributed by atoms with Crippen LogP contribution in [0.1, 0.15) is 18.4 Å². The molecule has 1 fully saturated rings. The summed E-state index contributed by atoms with van der Waals surface area (Å²) in [7, 11) is 3.27. The van der Waals surface area contributed by atoms with Gasteiger partial charge in [0.1, 0.15) is 11.5 Å². The highest BCUT2D eigenvalue weighted by molar-refractivity contribution is 7.22. The zero-order valence-electron chi connectivity index (χ0n) is 16.6. The van der Waals surface area contributed by atoms with Gasteiger partial charge in [0, 0.05) is 6.61 Å². The number of nitrogens with zero attached hydrogens (tertiary/aromatic N) is 2. The Balaban J connectivity index is 1.60. The molecular weight excluding hydrogens is 388 g/mol. The van der Waals surface area contributed by atoms with E-state index in [0.717, 1.165) is 46.7 Å². The molecule has 6 nitrogen and oxygen atoms in total. The molecule has 3 aromatic rings. The molecule has 1 amide bonds. The monoisotopic (exact) mass is 412 g/mol. The molecule has 0 radical (unpaired) electrons. The Morgan fingerprint density at radius 1 is 1.17 bits per heavy atom. The van der Waals surface area contributed by atoms with Crippen molar-refractivity contribution in [2.24, 2.45) is 0 Å². The van der Waals surface area contributed by atoms with Gasteiger partial charge in [-0.3, -0.25) is 9.69 Å². The maximum absolute atomic E-state index is 13.2. The van der Waals surface area contributed by atoms with Crippen LogP contribution in [-0.2, 0) is 16.0 Å². The number of ether oxygens (including phenoxy) is 3. The Morgan fingerprint density at radius 3 is 2.62 bits per heavy atom. The molecule has 1 saturated heterocycles. The molecule has 4 rings (SSSR count). The minimum Gasteiger partial charge on any atom is -0.497 e. The zero-order chi connectivity index (χ0) is 20.2. The van der Waals surface area contributed by atoms with Crippen LogP contribution in [0.5, 0.6) is 11.5 Å². The van der Waals surface area contributed by atoms with Gasteiger partial charge in [-0.15, -0.1) is 0 Å². The summed E-state index contributed by atoms with van der Waals surface area (Å²) in [5, 5.41) is 0.697. The lowest BCUT2D eigenvalue weighted by atomic mass is 10.1. The molecule has 1 atom stereocenters. The number of aromatic nitrogens is 1. The lowest BCUT2D eigenvalue weighted by Crippen LogP contribution is -2.38. The summed E-state index contributed by atoms with van der Waals surface area (Å²) in [5.74, 6) is 1.57. The third kappa shape index (κ3) is 4.52. The van der Waals surface area contributed by atoms with Crippen molar-refractivity contribution >= 4 is 32.6 Å².